The molecular formula is C16H17N5OS. The average Bonchev–Trinajstić information content (AvgIpc) is 3.23. The van der Waals surface area contributed by atoms with Gasteiger partial charge in [-0.05, 0) is 12.5 Å². The minimum atomic E-state index is -0.171. The second-order valence-electron chi connectivity index (χ2n) is 5.19. The van der Waals surface area contributed by atoms with E-state index in [0.29, 0.717) is 17.1 Å². The summed E-state index contributed by atoms with van der Waals surface area (Å²) in [7, 11) is 1.75. The number of hydrogen-bond donors (Lipinski definition) is 2. The maximum absolute atomic E-state index is 12.9. The summed E-state index contributed by atoms with van der Waals surface area (Å²) in [6.45, 7) is 1.94. The van der Waals surface area contributed by atoms with Crippen LogP contribution >= 0.6 is 11.3 Å². The molecule has 6 nitrogen and oxygen atoms in total. The van der Waals surface area contributed by atoms with Gasteiger partial charge in [-0.2, -0.15) is 5.10 Å². The van der Waals surface area contributed by atoms with Gasteiger partial charge in [0.05, 0.1) is 11.6 Å². The van der Waals surface area contributed by atoms with Crippen LogP contribution in [0.1, 0.15) is 28.5 Å². The molecule has 7 heteroatoms. The number of aromatic amines is 1. The van der Waals surface area contributed by atoms with Crippen molar-refractivity contribution >= 4 is 23.1 Å². The molecule has 1 atom stereocenters. The molecule has 2 heterocycles. The van der Waals surface area contributed by atoms with Crippen molar-refractivity contribution in [1.29, 1.82) is 0 Å². The molecule has 3 rings (SSSR count). The molecule has 118 valence electrons. The number of amides is 1. The number of nitrogen functional groups attached to an aromatic ring is 1. The third-order valence-corrected chi connectivity index (χ3v) is 4.73. The number of nitrogens with two attached hydrogens (primary N) is 1. The number of H-pyrrole nitrogens is 1. The van der Waals surface area contributed by atoms with E-state index in [1.807, 2.05) is 42.6 Å². The molecule has 0 aliphatic heterocycles. The SMILES string of the molecule is CC(c1nccs1)N(C)C(=O)c1[nH]nc(N)c1-c1ccccc1. The number of thiazole rings is 1. The lowest BCUT2D eigenvalue weighted by molar-refractivity contribution is 0.0737. The molecule has 1 unspecified atom stereocenters. The molecule has 3 N–H and O–H groups in total. The predicted molar refractivity (Wildman–Crippen MR) is 91.1 cm³/mol. The van der Waals surface area contributed by atoms with Crippen molar-refractivity contribution in [3.8, 4) is 11.1 Å². The predicted octanol–water partition coefficient (Wildman–Crippen LogP) is 2.95. The number of carbonyl (C=O) groups excluding carboxylic acids is 1. The van der Waals surface area contributed by atoms with Crippen molar-refractivity contribution in [3.05, 3.63) is 52.6 Å². The Balaban J connectivity index is 1.95. The fourth-order valence-corrected chi connectivity index (χ4v) is 3.10. The van der Waals surface area contributed by atoms with Crippen molar-refractivity contribution in [3.63, 3.8) is 0 Å². The molecule has 1 aromatic carbocycles. The summed E-state index contributed by atoms with van der Waals surface area (Å²) in [5, 5.41) is 9.56. The Hall–Kier alpha value is -2.67. The van der Waals surface area contributed by atoms with Gasteiger partial charge >= 0.3 is 0 Å². The van der Waals surface area contributed by atoms with Gasteiger partial charge < -0.3 is 10.6 Å². The highest BCUT2D eigenvalue weighted by molar-refractivity contribution is 7.09. The molecule has 0 radical (unpaired) electrons. The monoisotopic (exact) mass is 327 g/mol. The van der Waals surface area contributed by atoms with E-state index >= 15 is 0 Å². The largest absolute Gasteiger partial charge is 0.382 e. The first-order chi connectivity index (χ1) is 11.1. The smallest absolute Gasteiger partial charge is 0.272 e. The first-order valence-electron chi connectivity index (χ1n) is 7.15. The quantitative estimate of drug-likeness (QED) is 0.771. The molecule has 1 amide bonds. The number of nitrogens with one attached hydrogen (secondary N) is 1. The minimum absolute atomic E-state index is 0.129. The average molecular weight is 327 g/mol. The van der Waals surface area contributed by atoms with Crippen LogP contribution in [-0.4, -0.2) is 33.0 Å². The lowest BCUT2D eigenvalue weighted by atomic mass is 10.0. The Kier molecular flexibility index (Phi) is 4.12. The van der Waals surface area contributed by atoms with E-state index in [1.54, 1.807) is 18.1 Å². The van der Waals surface area contributed by atoms with Crippen LogP contribution in [0.2, 0.25) is 0 Å². The van der Waals surface area contributed by atoms with Crippen LogP contribution in [0.15, 0.2) is 41.9 Å². The molecule has 0 aliphatic carbocycles. The van der Waals surface area contributed by atoms with E-state index in [9.17, 15) is 4.79 Å². The third kappa shape index (κ3) is 2.83. The molecule has 2 aromatic heterocycles. The fourth-order valence-electron chi connectivity index (χ4n) is 2.37. The fraction of sp³-hybridized carbons (Fsp3) is 0.188. The summed E-state index contributed by atoms with van der Waals surface area (Å²) < 4.78 is 0. The van der Waals surface area contributed by atoms with Crippen LogP contribution in [0.5, 0.6) is 0 Å². The number of aromatic nitrogens is 3. The van der Waals surface area contributed by atoms with Crippen molar-refractivity contribution in [2.24, 2.45) is 0 Å². The standard InChI is InChI=1S/C16H17N5OS/c1-10(15-18-8-9-23-15)21(2)16(22)13-12(14(17)20-19-13)11-6-4-3-5-7-11/h3-10H,1-2H3,(H3,17,19,20). The van der Waals surface area contributed by atoms with E-state index in [4.69, 9.17) is 5.73 Å². The number of benzene rings is 1. The van der Waals surface area contributed by atoms with Gasteiger partial charge in [0.15, 0.2) is 5.82 Å². The molecule has 23 heavy (non-hydrogen) atoms. The van der Waals surface area contributed by atoms with E-state index in [1.165, 1.54) is 11.3 Å². The number of carbonyl (C=O) groups is 1. The molecule has 3 aromatic rings. The van der Waals surface area contributed by atoms with Crippen LogP contribution < -0.4 is 5.73 Å². The molecule has 0 fully saturated rings. The number of nitrogens with zero attached hydrogens (tertiary/aromatic N) is 3. The second kappa shape index (κ2) is 6.21. The van der Waals surface area contributed by atoms with Gasteiger partial charge in [0, 0.05) is 18.6 Å². The van der Waals surface area contributed by atoms with Crippen LogP contribution in [0.4, 0.5) is 5.82 Å². The molecule has 0 aliphatic rings. The Morgan fingerprint density at radius 1 is 1.35 bits per heavy atom. The maximum Gasteiger partial charge on any atom is 0.272 e. The first kappa shape index (κ1) is 15.2. The highest BCUT2D eigenvalue weighted by Gasteiger charge is 2.26. The van der Waals surface area contributed by atoms with E-state index in [-0.39, 0.29) is 11.9 Å². The number of hydrogen-bond acceptors (Lipinski definition) is 5. The summed E-state index contributed by atoms with van der Waals surface area (Å²) in [6, 6.07) is 9.40. The van der Waals surface area contributed by atoms with E-state index in [2.05, 4.69) is 15.2 Å². The molecule has 0 saturated carbocycles. The van der Waals surface area contributed by atoms with Crippen LogP contribution in [0.25, 0.3) is 11.1 Å². The highest BCUT2D eigenvalue weighted by atomic mass is 32.1. The van der Waals surface area contributed by atoms with Gasteiger partial charge in [0.1, 0.15) is 10.7 Å². The lowest BCUT2D eigenvalue weighted by Gasteiger charge is -2.23. The first-order valence-corrected chi connectivity index (χ1v) is 8.03. The topological polar surface area (TPSA) is 87.9 Å². The maximum atomic E-state index is 12.9. The minimum Gasteiger partial charge on any atom is -0.382 e. The van der Waals surface area contributed by atoms with Crippen molar-refractivity contribution in [2.75, 3.05) is 12.8 Å². The van der Waals surface area contributed by atoms with Crippen molar-refractivity contribution < 1.29 is 4.79 Å². The highest BCUT2D eigenvalue weighted by Crippen LogP contribution is 2.30. The van der Waals surface area contributed by atoms with Gasteiger partial charge in [-0.15, -0.1) is 11.3 Å². The van der Waals surface area contributed by atoms with Gasteiger partial charge in [-0.1, -0.05) is 30.3 Å². The van der Waals surface area contributed by atoms with Crippen LogP contribution in [0, 0.1) is 0 Å². The van der Waals surface area contributed by atoms with Crippen LogP contribution in [-0.2, 0) is 0 Å². The molecule has 0 bridgehead atoms. The van der Waals surface area contributed by atoms with Gasteiger partial charge in [-0.25, -0.2) is 4.98 Å². The zero-order valence-corrected chi connectivity index (χ0v) is 13.7. The van der Waals surface area contributed by atoms with Crippen LogP contribution in [0.3, 0.4) is 0 Å². The van der Waals surface area contributed by atoms with Gasteiger partial charge in [0.25, 0.3) is 5.91 Å². The molecular weight excluding hydrogens is 310 g/mol. The van der Waals surface area contributed by atoms with Crippen molar-refractivity contribution in [1.82, 2.24) is 20.1 Å². The Morgan fingerprint density at radius 3 is 2.74 bits per heavy atom. The molecule has 0 saturated heterocycles. The second-order valence-corrected chi connectivity index (χ2v) is 6.11. The van der Waals surface area contributed by atoms with Crippen molar-refractivity contribution in [2.45, 2.75) is 13.0 Å². The Labute approximate surface area is 138 Å². The number of rotatable bonds is 4. The summed E-state index contributed by atoms with van der Waals surface area (Å²) in [5.74, 6) is 0.144. The number of anilines is 1. The summed E-state index contributed by atoms with van der Waals surface area (Å²) in [4.78, 5) is 18.8. The van der Waals surface area contributed by atoms with E-state index in [0.717, 1.165) is 10.6 Å². The molecule has 0 spiro atoms. The third-order valence-electron chi connectivity index (χ3n) is 3.78. The zero-order valence-electron chi connectivity index (χ0n) is 12.9. The summed E-state index contributed by atoms with van der Waals surface area (Å²) in [6.07, 6.45) is 1.73. The summed E-state index contributed by atoms with van der Waals surface area (Å²) in [5.41, 5.74) is 7.84. The zero-order chi connectivity index (χ0) is 16.4. The van der Waals surface area contributed by atoms with Gasteiger partial charge in [-0.3, -0.25) is 9.89 Å². The Bertz CT molecular complexity index is 797. The van der Waals surface area contributed by atoms with E-state index < -0.39 is 0 Å². The normalized spacial score (nSPS) is 12.1. The van der Waals surface area contributed by atoms with Gasteiger partial charge in [0.2, 0.25) is 0 Å². The summed E-state index contributed by atoms with van der Waals surface area (Å²) >= 11 is 1.52. The lowest BCUT2D eigenvalue weighted by Crippen LogP contribution is -2.30. The Morgan fingerprint density at radius 2 is 2.09 bits per heavy atom.